The Morgan fingerprint density at radius 2 is 1.71 bits per heavy atom. The van der Waals surface area contributed by atoms with Gasteiger partial charge in [-0.1, -0.05) is 25.1 Å². The van der Waals surface area contributed by atoms with E-state index >= 15 is 0 Å². The van der Waals surface area contributed by atoms with Crippen LogP contribution in [0.1, 0.15) is 51.7 Å². The van der Waals surface area contributed by atoms with Crippen LogP contribution in [0.25, 0.3) is 0 Å². The maximum absolute atomic E-state index is 13.9. The Morgan fingerprint density at radius 3 is 2.29 bits per heavy atom. The van der Waals surface area contributed by atoms with Crippen molar-refractivity contribution in [3.63, 3.8) is 0 Å². The normalized spacial score (nSPS) is 14.5. The predicted octanol–water partition coefficient (Wildman–Crippen LogP) is 4.30. The fourth-order valence-electron chi connectivity index (χ4n) is 4.64. The Balaban J connectivity index is 1.69. The van der Waals surface area contributed by atoms with E-state index in [4.69, 9.17) is 9.47 Å². The van der Waals surface area contributed by atoms with Crippen LogP contribution in [0.5, 0.6) is 0 Å². The average Bonchev–Trinajstić information content (AvgIpc) is 2.94. The van der Waals surface area contributed by atoms with E-state index in [-0.39, 0.29) is 50.9 Å². The molecule has 2 aromatic rings. The number of aromatic nitrogens is 1. The summed E-state index contributed by atoms with van der Waals surface area (Å²) in [5.41, 5.74) is 0.808. The summed E-state index contributed by atoms with van der Waals surface area (Å²) >= 11 is 0. The smallest absolute Gasteiger partial charge is 0.411 e. The summed E-state index contributed by atoms with van der Waals surface area (Å²) in [5, 5.41) is 5.20. The first-order chi connectivity index (χ1) is 19.3. The second-order valence-electron chi connectivity index (χ2n) is 11.3. The molecule has 41 heavy (non-hydrogen) atoms. The molecular formula is C30H41N5O6. The summed E-state index contributed by atoms with van der Waals surface area (Å²) in [5.74, 6) is -0.0317. The molecule has 4 amide bonds. The largest absolute Gasteiger partial charge is 0.448 e. The van der Waals surface area contributed by atoms with Gasteiger partial charge in [0.15, 0.2) is 0 Å². The minimum Gasteiger partial charge on any atom is -0.448 e. The molecule has 1 aliphatic rings. The van der Waals surface area contributed by atoms with Crippen LogP contribution in [-0.2, 0) is 25.5 Å². The van der Waals surface area contributed by atoms with Gasteiger partial charge in [0.2, 0.25) is 11.8 Å². The van der Waals surface area contributed by atoms with Gasteiger partial charge in [-0.3, -0.25) is 19.8 Å². The highest BCUT2D eigenvalue weighted by Gasteiger charge is 2.45. The van der Waals surface area contributed by atoms with Crippen molar-refractivity contribution in [2.45, 2.75) is 59.5 Å². The van der Waals surface area contributed by atoms with Gasteiger partial charge >= 0.3 is 12.2 Å². The molecular weight excluding hydrogens is 526 g/mol. The van der Waals surface area contributed by atoms with Crippen molar-refractivity contribution >= 4 is 35.5 Å². The topological polar surface area (TPSA) is 130 Å². The van der Waals surface area contributed by atoms with Gasteiger partial charge in [-0.15, -0.1) is 0 Å². The van der Waals surface area contributed by atoms with Gasteiger partial charge in [-0.2, -0.15) is 0 Å². The van der Waals surface area contributed by atoms with Crippen molar-refractivity contribution < 1.29 is 28.7 Å². The van der Waals surface area contributed by atoms with Crippen molar-refractivity contribution in [3.05, 3.63) is 53.7 Å². The van der Waals surface area contributed by atoms with Gasteiger partial charge in [0.1, 0.15) is 24.6 Å². The summed E-state index contributed by atoms with van der Waals surface area (Å²) in [4.78, 5) is 58.9. The van der Waals surface area contributed by atoms with E-state index in [1.165, 1.54) is 4.90 Å². The molecule has 11 nitrogen and oxygen atoms in total. The van der Waals surface area contributed by atoms with Gasteiger partial charge < -0.3 is 19.7 Å². The number of benzene rings is 1. The SMILES string of the molecule is CCc1ccc(NC(=O)OCC2(C(=O)N(C)c3ncccc3C)CCN(C(=O)CNC(=O)OC(C)(C)C)CC2)cc1. The Labute approximate surface area is 241 Å². The number of amides is 4. The van der Waals surface area contributed by atoms with E-state index in [1.54, 1.807) is 57.1 Å². The molecule has 0 spiro atoms. The molecule has 0 bridgehead atoms. The fourth-order valence-corrected chi connectivity index (χ4v) is 4.64. The van der Waals surface area contributed by atoms with Gasteiger partial charge in [0.05, 0.1) is 5.41 Å². The molecule has 11 heteroatoms. The number of carbonyl (C=O) groups excluding carboxylic acids is 4. The summed E-state index contributed by atoms with van der Waals surface area (Å²) < 4.78 is 10.8. The summed E-state index contributed by atoms with van der Waals surface area (Å²) in [7, 11) is 1.65. The first kappa shape index (κ1) is 31.4. The number of hydrogen-bond donors (Lipinski definition) is 2. The highest BCUT2D eigenvalue weighted by Crippen LogP contribution is 2.35. The first-order valence-electron chi connectivity index (χ1n) is 13.8. The zero-order valence-electron chi connectivity index (χ0n) is 24.8. The number of pyridine rings is 1. The number of ether oxygens (including phenoxy) is 2. The predicted molar refractivity (Wildman–Crippen MR) is 156 cm³/mol. The third-order valence-corrected chi connectivity index (χ3v) is 7.00. The summed E-state index contributed by atoms with van der Waals surface area (Å²) in [6.45, 7) is 9.24. The van der Waals surface area contributed by atoms with Gasteiger partial charge in [0.25, 0.3) is 0 Å². The van der Waals surface area contributed by atoms with Crippen molar-refractivity contribution in [2.24, 2.45) is 5.41 Å². The molecule has 1 saturated heterocycles. The maximum Gasteiger partial charge on any atom is 0.411 e. The highest BCUT2D eigenvalue weighted by atomic mass is 16.6. The fraction of sp³-hybridized carbons (Fsp3) is 0.500. The second kappa shape index (κ2) is 13.5. The van der Waals surface area contributed by atoms with E-state index in [0.717, 1.165) is 17.5 Å². The van der Waals surface area contributed by atoms with Crippen molar-refractivity contribution in [1.82, 2.24) is 15.2 Å². The van der Waals surface area contributed by atoms with Crippen LogP contribution in [0.3, 0.4) is 0 Å². The van der Waals surface area contributed by atoms with E-state index in [2.05, 4.69) is 15.6 Å². The Hall–Kier alpha value is -4.15. The number of carbonyl (C=O) groups is 4. The zero-order chi connectivity index (χ0) is 30.2. The molecule has 0 saturated carbocycles. The van der Waals surface area contributed by atoms with Crippen LogP contribution >= 0.6 is 0 Å². The van der Waals surface area contributed by atoms with E-state index in [1.807, 2.05) is 32.0 Å². The number of alkyl carbamates (subject to hydrolysis) is 1. The second-order valence-corrected chi connectivity index (χ2v) is 11.3. The lowest BCUT2D eigenvalue weighted by Gasteiger charge is -2.41. The van der Waals surface area contributed by atoms with Gasteiger partial charge in [-0.25, -0.2) is 14.6 Å². The van der Waals surface area contributed by atoms with E-state index < -0.39 is 23.2 Å². The van der Waals surface area contributed by atoms with Crippen molar-refractivity contribution in [1.29, 1.82) is 0 Å². The minimum absolute atomic E-state index is 0.168. The molecule has 1 aromatic carbocycles. The summed E-state index contributed by atoms with van der Waals surface area (Å²) in [6.07, 6.45) is 1.68. The minimum atomic E-state index is -1.07. The van der Waals surface area contributed by atoms with Gasteiger partial charge in [-0.05, 0) is 76.3 Å². The molecule has 0 unspecified atom stereocenters. The third kappa shape index (κ3) is 8.67. The van der Waals surface area contributed by atoms with Crippen molar-refractivity contribution in [2.75, 3.05) is 43.5 Å². The Kier molecular flexibility index (Phi) is 10.3. The number of nitrogens with one attached hydrogen (secondary N) is 2. The Bertz CT molecular complexity index is 1230. The molecule has 0 aliphatic carbocycles. The molecule has 0 atom stereocenters. The van der Waals surface area contributed by atoms with E-state index in [9.17, 15) is 19.2 Å². The van der Waals surface area contributed by atoms with Gasteiger partial charge in [0, 0.05) is 32.0 Å². The number of hydrogen-bond acceptors (Lipinski definition) is 7. The van der Waals surface area contributed by atoms with Crippen LogP contribution in [0.15, 0.2) is 42.6 Å². The third-order valence-electron chi connectivity index (χ3n) is 7.00. The first-order valence-corrected chi connectivity index (χ1v) is 13.8. The molecule has 222 valence electrons. The molecule has 3 rings (SSSR count). The van der Waals surface area contributed by atoms with Crippen LogP contribution < -0.4 is 15.5 Å². The monoisotopic (exact) mass is 567 g/mol. The standard InChI is InChI=1S/C30H41N5O6/c1-7-22-10-12-23(13-11-22)33-28(39)40-20-30(26(37)34(6)25-21(2)9-8-16-31-25)14-17-35(18-15-30)24(36)19-32-27(38)41-29(3,4)5/h8-13,16H,7,14-15,17-20H2,1-6H3,(H,32,38)(H,33,39). The zero-order valence-corrected chi connectivity index (χ0v) is 24.8. The molecule has 2 heterocycles. The average molecular weight is 568 g/mol. The lowest BCUT2D eigenvalue weighted by molar-refractivity contribution is -0.140. The number of aryl methyl sites for hydroxylation is 2. The number of nitrogens with zero attached hydrogens (tertiary/aromatic N) is 3. The molecule has 2 N–H and O–H groups in total. The van der Waals surface area contributed by atoms with Crippen LogP contribution in [-0.4, -0.2) is 72.8 Å². The van der Waals surface area contributed by atoms with Crippen LogP contribution in [0, 0.1) is 12.3 Å². The highest BCUT2D eigenvalue weighted by molar-refractivity contribution is 5.97. The molecule has 0 radical (unpaired) electrons. The lowest BCUT2D eigenvalue weighted by Crippen LogP contribution is -2.54. The molecule has 1 aliphatic heterocycles. The van der Waals surface area contributed by atoms with Crippen LogP contribution in [0.2, 0.25) is 0 Å². The van der Waals surface area contributed by atoms with Crippen molar-refractivity contribution in [3.8, 4) is 0 Å². The molecule has 1 aromatic heterocycles. The quantitative estimate of drug-likeness (QED) is 0.486. The van der Waals surface area contributed by atoms with Crippen LogP contribution in [0.4, 0.5) is 21.1 Å². The molecule has 1 fully saturated rings. The number of anilines is 2. The maximum atomic E-state index is 13.9. The number of piperidine rings is 1. The van der Waals surface area contributed by atoms with E-state index in [0.29, 0.717) is 11.5 Å². The number of rotatable bonds is 8. The lowest BCUT2D eigenvalue weighted by atomic mass is 9.77. The Morgan fingerprint density at radius 1 is 1.05 bits per heavy atom. The number of likely N-dealkylation sites (tertiary alicyclic amines) is 1. The summed E-state index contributed by atoms with van der Waals surface area (Å²) in [6, 6.07) is 11.1.